The van der Waals surface area contributed by atoms with E-state index in [0.717, 1.165) is 30.1 Å². The van der Waals surface area contributed by atoms with Crippen molar-refractivity contribution < 1.29 is 4.79 Å². The van der Waals surface area contributed by atoms with Gasteiger partial charge in [0.2, 0.25) is 5.91 Å². The van der Waals surface area contributed by atoms with Crippen molar-refractivity contribution in [1.29, 1.82) is 0 Å². The maximum Gasteiger partial charge on any atom is 0.220 e. The Morgan fingerprint density at radius 3 is 2.70 bits per heavy atom. The number of amides is 1. The van der Waals surface area contributed by atoms with Gasteiger partial charge >= 0.3 is 0 Å². The van der Waals surface area contributed by atoms with Crippen LogP contribution in [0.2, 0.25) is 5.02 Å². The van der Waals surface area contributed by atoms with Gasteiger partial charge < -0.3 is 10.6 Å². The van der Waals surface area contributed by atoms with Crippen LogP contribution in [0, 0.1) is 5.92 Å². The molecule has 5 heteroatoms. The molecule has 0 unspecified atom stereocenters. The van der Waals surface area contributed by atoms with Crippen LogP contribution >= 0.6 is 24.0 Å². The van der Waals surface area contributed by atoms with E-state index in [1.54, 1.807) is 0 Å². The third-order valence-electron chi connectivity index (χ3n) is 4.57. The molecule has 1 saturated heterocycles. The van der Waals surface area contributed by atoms with E-state index in [-0.39, 0.29) is 23.7 Å². The molecule has 23 heavy (non-hydrogen) atoms. The van der Waals surface area contributed by atoms with Crippen molar-refractivity contribution in [3.8, 4) is 0 Å². The molecule has 1 amide bonds. The molecule has 0 atom stereocenters. The summed E-state index contributed by atoms with van der Waals surface area (Å²) in [5, 5.41) is 7.18. The Hall–Kier alpha value is -0.770. The van der Waals surface area contributed by atoms with E-state index < -0.39 is 0 Å². The summed E-state index contributed by atoms with van der Waals surface area (Å²) in [4.78, 5) is 12.1. The lowest BCUT2D eigenvalue weighted by Crippen LogP contribution is -2.37. The number of halogens is 2. The van der Waals surface area contributed by atoms with Gasteiger partial charge in [-0.3, -0.25) is 4.79 Å². The Labute approximate surface area is 151 Å². The van der Waals surface area contributed by atoms with Crippen LogP contribution in [-0.4, -0.2) is 25.5 Å². The van der Waals surface area contributed by atoms with Crippen LogP contribution in [0.4, 0.5) is 0 Å². The fraction of sp³-hybridized carbons (Fsp3) is 0.611. The fourth-order valence-electron chi connectivity index (χ4n) is 2.93. The Balaban J connectivity index is 0.00000264. The minimum absolute atomic E-state index is 0. The van der Waals surface area contributed by atoms with E-state index in [4.69, 9.17) is 11.6 Å². The number of hydrogen-bond acceptors (Lipinski definition) is 2. The summed E-state index contributed by atoms with van der Waals surface area (Å²) in [6.07, 6.45) is 4.03. The first-order chi connectivity index (χ1) is 10.5. The van der Waals surface area contributed by atoms with Crippen LogP contribution < -0.4 is 10.6 Å². The molecule has 0 spiro atoms. The van der Waals surface area contributed by atoms with Crippen LogP contribution in [0.5, 0.6) is 0 Å². The summed E-state index contributed by atoms with van der Waals surface area (Å²) in [6, 6.07) is 7.87. The van der Waals surface area contributed by atoms with E-state index in [9.17, 15) is 4.79 Å². The van der Waals surface area contributed by atoms with E-state index in [1.165, 1.54) is 12.8 Å². The fourth-order valence-corrected chi connectivity index (χ4v) is 3.12. The summed E-state index contributed by atoms with van der Waals surface area (Å²) in [5.41, 5.74) is 1.04. The molecule has 0 radical (unpaired) electrons. The van der Waals surface area contributed by atoms with Gasteiger partial charge in [0.1, 0.15) is 0 Å². The third kappa shape index (κ3) is 6.70. The van der Waals surface area contributed by atoms with Crippen molar-refractivity contribution >= 4 is 29.9 Å². The first-order valence-electron chi connectivity index (χ1n) is 8.21. The summed E-state index contributed by atoms with van der Waals surface area (Å²) in [5.74, 6) is 0.863. The zero-order chi connectivity index (χ0) is 16.0. The number of nitrogens with one attached hydrogen (secondary N) is 2. The highest BCUT2D eigenvalue weighted by Crippen LogP contribution is 2.25. The van der Waals surface area contributed by atoms with Crippen molar-refractivity contribution in [2.45, 2.75) is 44.9 Å². The van der Waals surface area contributed by atoms with Crippen LogP contribution in [-0.2, 0) is 10.2 Å². The van der Waals surface area contributed by atoms with Gasteiger partial charge in [0.15, 0.2) is 0 Å². The summed E-state index contributed by atoms with van der Waals surface area (Å²) < 4.78 is 0. The highest BCUT2D eigenvalue weighted by atomic mass is 35.5. The second kappa shape index (κ2) is 9.51. The smallest absolute Gasteiger partial charge is 0.220 e. The molecule has 1 heterocycles. The second-order valence-electron chi connectivity index (χ2n) is 6.90. The average molecular weight is 359 g/mol. The molecule has 1 aliphatic rings. The molecular weight excluding hydrogens is 331 g/mol. The van der Waals surface area contributed by atoms with Crippen LogP contribution in [0.3, 0.4) is 0 Å². The lowest BCUT2D eigenvalue weighted by molar-refractivity contribution is -0.121. The number of carbonyl (C=O) groups is 1. The number of carbonyl (C=O) groups excluding carboxylic acids is 1. The standard InChI is InChI=1S/C18H27ClN2O.ClH/c1-18(2,15-4-3-5-16(19)12-15)13-21-17(22)7-6-14-8-10-20-11-9-14;/h3-5,12,14,20H,6-11,13H2,1-2H3,(H,21,22);1H. The molecule has 0 saturated carbocycles. The zero-order valence-electron chi connectivity index (χ0n) is 14.0. The van der Waals surface area contributed by atoms with Gasteiger partial charge in [-0.15, -0.1) is 12.4 Å². The highest BCUT2D eigenvalue weighted by Gasteiger charge is 2.22. The molecule has 1 fully saturated rings. The molecule has 130 valence electrons. The van der Waals surface area contributed by atoms with Gasteiger partial charge in [0.05, 0.1) is 0 Å². The van der Waals surface area contributed by atoms with Gasteiger partial charge in [-0.25, -0.2) is 0 Å². The summed E-state index contributed by atoms with van der Waals surface area (Å²) >= 11 is 6.06. The van der Waals surface area contributed by atoms with E-state index in [0.29, 0.717) is 18.9 Å². The van der Waals surface area contributed by atoms with Crippen molar-refractivity contribution in [3.05, 3.63) is 34.9 Å². The molecule has 0 aliphatic carbocycles. The molecule has 1 aromatic carbocycles. The normalized spacial score (nSPS) is 15.8. The largest absolute Gasteiger partial charge is 0.355 e. The molecular formula is C18H28Cl2N2O. The maximum atomic E-state index is 12.1. The third-order valence-corrected chi connectivity index (χ3v) is 4.81. The predicted octanol–water partition coefficient (Wildman–Crippen LogP) is 3.94. The van der Waals surface area contributed by atoms with Gasteiger partial charge in [-0.1, -0.05) is 37.6 Å². The monoisotopic (exact) mass is 358 g/mol. The summed E-state index contributed by atoms with van der Waals surface area (Å²) in [6.45, 7) is 7.08. The van der Waals surface area contributed by atoms with Crippen LogP contribution in [0.25, 0.3) is 0 Å². The molecule has 2 rings (SSSR count). The molecule has 1 aromatic rings. The van der Waals surface area contributed by atoms with Crippen molar-refractivity contribution in [2.75, 3.05) is 19.6 Å². The van der Waals surface area contributed by atoms with Gasteiger partial charge in [0, 0.05) is 23.4 Å². The van der Waals surface area contributed by atoms with E-state index >= 15 is 0 Å². The molecule has 2 N–H and O–H groups in total. The van der Waals surface area contributed by atoms with Crippen molar-refractivity contribution in [1.82, 2.24) is 10.6 Å². The Morgan fingerprint density at radius 1 is 1.35 bits per heavy atom. The minimum atomic E-state index is -0.116. The van der Waals surface area contributed by atoms with Crippen molar-refractivity contribution in [3.63, 3.8) is 0 Å². The second-order valence-corrected chi connectivity index (χ2v) is 7.34. The van der Waals surface area contributed by atoms with Gasteiger partial charge in [-0.2, -0.15) is 0 Å². The summed E-state index contributed by atoms with van der Waals surface area (Å²) in [7, 11) is 0. The Morgan fingerprint density at radius 2 is 2.04 bits per heavy atom. The number of hydrogen-bond donors (Lipinski definition) is 2. The minimum Gasteiger partial charge on any atom is -0.355 e. The zero-order valence-corrected chi connectivity index (χ0v) is 15.6. The molecule has 3 nitrogen and oxygen atoms in total. The lowest BCUT2D eigenvalue weighted by Gasteiger charge is -2.26. The molecule has 1 aliphatic heterocycles. The van der Waals surface area contributed by atoms with Gasteiger partial charge in [-0.05, 0) is 56.0 Å². The first-order valence-corrected chi connectivity index (χ1v) is 8.58. The highest BCUT2D eigenvalue weighted by molar-refractivity contribution is 6.30. The topological polar surface area (TPSA) is 41.1 Å². The van der Waals surface area contributed by atoms with Crippen molar-refractivity contribution in [2.24, 2.45) is 5.92 Å². The Bertz CT molecular complexity index is 500. The SMILES string of the molecule is CC(C)(CNC(=O)CCC1CCNCC1)c1cccc(Cl)c1.Cl. The first kappa shape index (κ1) is 20.3. The average Bonchev–Trinajstić information content (AvgIpc) is 2.52. The quantitative estimate of drug-likeness (QED) is 0.808. The number of piperidine rings is 1. The molecule has 0 aromatic heterocycles. The molecule has 0 bridgehead atoms. The lowest BCUT2D eigenvalue weighted by atomic mass is 9.84. The van der Waals surface area contributed by atoms with E-state index in [1.807, 2.05) is 18.2 Å². The van der Waals surface area contributed by atoms with Gasteiger partial charge in [0.25, 0.3) is 0 Å². The number of benzene rings is 1. The maximum absolute atomic E-state index is 12.1. The Kier molecular flexibility index (Phi) is 8.38. The van der Waals surface area contributed by atoms with E-state index in [2.05, 4.69) is 30.5 Å². The van der Waals surface area contributed by atoms with Crippen LogP contribution in [0.15, 0.2) is 24.3 Å². The predicted molar refractivity (Wildman–Crippen MR) is 99.6 cm³/mol. The van der Waals surface area contributed by atoms with Crippen LogP contribution in [0.1, 0.15) is 45.1 Å². The number of rotatable bonds is 6.